The molecule has 1 aromatic carbocycles. The van der Waals surface area contributed by atoms with Crippen molar-refractivity contribution in [2.45, 2.75) is 54.1 Å². The molecule has 1 aliphatic heterocycles. The van der Waals surface area contributed by atoms with Gasteiger partial charge in [-0.3, -0.25) is 9.69 Å². The van der Waals surface area contributed by atoms with Crippen LogP contribution >= 0.6 is 0 Å². The summed E-state index contributed by atoms with van der Waals surface area (Å²) in [7, 11) is -4.71. The third-order valence-corrected chi connectivity index (χ3v) is 8.44. The number of carbonyl (C=O) groups is 2. The Kier molecular flexibility index (Phi) is 5.79. The number of nitrogens with zero attached hydrogens (tertiary/aromatic N) is 4. The number of likely N-dealkylation sites (tertiary alicyclic amines) is 1. The van der Waals surface area contributed by atoms with Crippen LogP contribution in [0.25, 0.3) is 5.69 Å². The van der Waals surface area contributed by atoms with Crippen molar-refractivity contribution in [3.8, 4) is 11.8 Å². The van der Waals surface area contributed by atoms with Crippen LogP contribution < -0.4 is 5.32 Å². The number of nitriles is 1. The largest absolute Gasteiger partial charge is 0.465 e. The van der Waals surface area contributed by atoms with Crippen LogP contribution in [0.1, 0.15) is 30.7 Å². The minimum Gasteiger partial charge on any atom is -0.465 e. The molecule has 186 valence electrons. The number of hydrogen-bond donors (Lipinski definition) is 2. The van der Waals surface area contributed by atoms with Gasteiger partial charge in [0.25, 0.3) is 0 Å². The number of imidazole rings is 1. The first-order chi connectivity index (χ1) is 16.3. The number of hydrogen-bond acceptors (Lipinski definition) is 6. The molecule has 0 bridgehead atoms. The quantitative estimate of drug-likeness (QED) is 0.626. The molecule has 1 aliphatic carbocycles. The first-order valence-corrected chi connectivity index (χ1v) is 12.0. The highest BCUT2D eigenvalue weighted by molar-refractivity contribution is 7.92. The summed E-state index contributed by atoms with van der Waals surface area (Å²) in [5.74, 6) is -0.465. The van der Waals surface area contributed by atoms with Gasteiger partial charge in [-0.2, -0.15) is 18.4 Å². The minimum absolute atomic E-state index is 0.0494. The maximum Gasteiger partial charge on any atom is 0.417 e. The van der Waals surface area contributed by atoms with E-state index in [4.69, 9.17) is 5.26 Å². The van der Waals surface area contributed by atoms with Gasteiger partial charge in [-0.25, -0.2) is 18.2 Å². The number of nitrogens with one attached hydrogen (secondary N) is 1. The first kappa shape index (κ1) is 24.5. The summed E-state index contributed by atoms with van der Waals surface area (Å²) in [6, 6.07) is 3.19. The smallest absolute Gasteiger partial charge is 0.417 e. The van der Waals surface area contributed by atoms with E-state index in [1.807, 2.05) is 6.07 Å². The van der Waals surface area contributed by atoms with E-state index in [0.29, 0.717) is 29.6 Å². The molecular weight excluding hydrogens is 491 g/mol. The fourth-order valence-corrected chi connectivity index (χ4v) is 6.05. The molecule has 35 heavy (non-hydrogen) atoms. The monoisotopic (exact) mass is 511 g/mol. The lowest BCUT2D eigenvalue weighted by molar-refractivity contribution is -0.139. The van der Waals surface area contributed by atoms with E-state index in [9.17, 15) is 36.3 Å². The van der Waals surface area contributed by atoms with Crippen LogP contribution in [0.15, 0.2) is 35.5 Å². The molecule has 2 N–H and O–H groups in total. The van der Waals surface area contributed by atoms with E-state index in [-0.39, 0.29) is 5.69 Å². The van der Waals surface area contributed by atoms with Crippen molar-refractivity contribution in [2.24, 2.45) is 0 Å². The highest BCUT2D eigenvalue weighted by Gasteiger charge is 2.51. The summed E-state index contributed by atoms with van der Waals surface area (Å²) in [6.07, 6.45) is -3.61. The van der Waals surface area contributed by atoms with Gasteiger partial charge in [0.15, 0.2) is 9.84 Å². The summed E-state index contributed by atoms with van der Waals surface area (Å²) in [5.41, 5.74) is -2.48. The van der Waals surface area contributed by atoms with Crippen molar-refractivity contribution in [3.63, 3.8) is 0 Å². The van der Waals surface area contributed by atoms with Crippen LogP contribution in [0.3, 0.4) is 0 Å². The molecule has 10 nitrogen and oxygen atoms in total. The summed E-state index contributed by atoms with van der Waals surface area (Å²) in [5, 5.41) is 19.5. The van der Waals surface area contributed by atoms with Gasteiger partial charge in [0, 0.05) is 24.6 Å². The number of sulfone groups is 1. The van der Waals surface area contributed by atoms with E-state index in [0.717, 1.165) is 6.07 Å². The Balaban J connectivity index is 1.69. The Morgan fingerprint density at radius 3 is 2.51 bits per heavy atom. The third kappa shape index (κ3) is 4.43. The zero-order valence-electron chi connectivity index (χ0n) is 18.3. The summed E-state index contributed by atoms with van der Waals surface area (Å²) >= 11 is 0. The van der Waals surface area contributed by atoms with Gasteiger partial charge < -0.3 is 15.0 Å². The van der Waals surface area contributed by atoms with Crippen molar-refractivity contribution in [2.75, 3.05) is 6.54 Å². The van der Waals surface area contributed by atoms with Gasteiger partial charge in [-0.15, -0.1) is 0 Å². The normalized spacial score (nSPS) is 21.4. The lowest BCUT2D eigenvalue weighted by Crippen LogP contribution is -2.49. The van der Waals surface area contributed by atoms with E-state index in [1.165, 1.54) is 23.0 Å². The highest BCUT2D eigenvalue weighted by Crippen LogP contribution is 2.39. The Morgan fingerprint density at radius 1 is 1.31 bits per heavy atom. The minimum atomic E-state index is -5.03. The Hall–Kier alpha value is -3.60. The SMILES string of the molecule is Cc1nccn1-c1ccc(S(=O)(=O)[C@@H]2C[C@@H](C(=O)NC3(C#N)CC3)N(C(=O)O)C2)c(C(F)(F)F)c1. The van der Waals surface area contributed by atoms with Crippen molar-refractivity contribution in [1.82, 2.24) is 19.8 Å². The summed E-state index contributed by atoms with van der Waals surface area (Å²) in [6.45, 7) is 0.884. The maximum atomic E-state index is 13.9. The van der Waals surface area contributed by atoms with Crippen LogP contribution in [-0.2, 0) is 20.8 Å². The molecule has 4 rings (SSSR count). The van der Waals surface area contributed by atoms with E-state index >= 15 is 0 Å². The number of aromatic nitrogens is 2. The Morgan fingerprint density at radius 2 is 2.00 bits per heavy atom. The number of rotatable bonds is 5. The predicted molar refractivity (Wildman–Crippen MR) is 113 cm³/mol. The molecule has 2 heterocycles. The van der Waals surface area contributed by atoms with Crippen LogP contribution in [0.2, 0.25) is 0 Å². The topological polar surface area (TPSA) is 145 Å². The second-order valence-corrected chi connectivity index (χ2v) is 10.8. The number of aryl methyl sites for hydroxylation is 1. The average Bonchev–Trinajstić information content (AvgIpc) is 3.19. The number of amides is 2. The standard InChI is InChI=1S/C21H20F3N5O5S/c1-12-26-6-7-28(12)13-2-3-17(15(8-13)21(22,23)24)35(33,34)14-9-16(29(10-14)19(31)32)18(30)27-20(11-25)4-5-20/h2-3,6-8,14,16H,4-5,9-10H2,1H3,(H,27,30)(H,31,32)/t14-,16+/m1/s1. The summed E-state index contributed by atoms with van der Waals surface area (Å²) in [4.78, 5) is 27.9. The van der Waals surface area contributed by atoms with E-state index in [1.54, 1.807) is 6.92 Å². The second kappa shape index (κ2) is 8.26. The molecule has 2 fully saturated rings. The number of alkyl halides is 3. The molecular formula is C21H20F3N5O5S. The van der Waals surface area contributed by atoms with Crippen LogP contribution in [0, 0.1) is 18.3 Å². The fourth-order valence-electron chi connectivity index (χ4n) is 4.16. The molecule has 1 aromatic heterocycles. The van der Waals surface area contributed by atoms with Gasteiger partial charge >= 0.3 is 12.3 Å². The van der Waals surface area contributed by atoms with Gasteiger partial charge in [0.1, 0.15) is 17.4 Å². The van der Waals surface area contributed by atoms with Gasteiger partial charge in [-0.1, -0.05) is 0 Å². The zero-order chi connectivity index (χ0) is 25.8. The predicted octanol–water partition coefficient (Wildman–Crippen LogP) is 2.27. The van der Waals surface area contributed by atoms with Crippen molar-refractivity contribution < 1.29 is 36.3 Å². The van der Waals surface area contributed by atoms with Crippen LogP contribution in [0.4, 0.5) is 18.0 Å². The maximum absolute atomic E-state index is 13.9. The Bertz CT molecular complexity index is 1340. The number of benzene rings is 1. The van der Waals surface area contributed by atoms with E-state index < -0.39 is 68.3 Å². The lowest BCUT2D eigenvalue weighted by Gasteiger charge is -2.21. The van der Waals surface area contributed by atoms with Crippen molar-refractivity contribution in [1.29, 1.82) is 5.26 Å². The lowest BCUT2D eigenvalue weighted by atomic mass is 10.2. The van der Waals surface area contributed by atoms with Gasteiger partial charge in [0.2, 0.25) is 5.91 Å². The third-order valence-electron chi connectivity index (χ3n) is 6.26. The zero-order valence-corrected chi connectivity index (χ0v) is 19.1. The van der Waals surface area contributed by atoms with Gasteiger partial charge in [-0.05, 0) is 44.4 Å². The molecule has 2 atom stereocenters. The number of halogens is 3. The fraction of sp³-hybridized carbons (Fsp3) is 0.429. The molecule has 2 aromatic rings. The van der Waals surface area contributed by atoms with Crippen LogP contribution in [-0.4, -0.2) is 63.4 Å². The Labute approximate surface area is 197 Å². The number of carbonyl (C=O) groups excluding carboxylic acids is 1. The highest BCUT2D eigenvalue weighted by atomic mass is 32.2. The molecule has 0 unspecified atom stereocenters. The summed E-state index contributed by atoms with van der Waals surface area (Å²) < 4.78 is 69.8. The second-order valence-electron chi connectivity index (χ2n) is 8.56. The molecule has 2 aliphatic rings. The van der Waals surface area contributed by atoms with Crippen LogP contribution in [0.5, 0.6) is 0 Å². The molecule has 14 heteroatoms. The molecule has 1 saturated carbocycles. The van der Waals surface area contributed by atoms with E-state index in [2.05, 4.69) is 10.3 Å². The van der Waals surface area contributed by atoms with Crippen molar-refractivity contribution in [3.05, 3.63) is 42.0 Å². The average molecular weight is 511 g/mol. The van der Waals surface area contributed by atoms with Gasteiger partial charge in [0.05, 0.1) is 21.8 Å². The van der Waals surface area contributed by atoms with Crippen molar-refractivity contribution >= 4 is 21.8 Å². The molecule has 0 spiro atoms. The molecule has 1 saturated heterocycles. The number of carboxylic acid groups (broad SMARTS) is 1. The first-order valence-electron chi connectivity index (χ1n) is 10.5. The molecule has 2 amide bonds. The molecule has 0 radical (unpaired) electrons.